The minimum atomic E-state index is -4.03. The van der Waals surface area contributed by atoms with Crippen molar-refractivity contribution in [3.63, 3.8) is 0 Å². The van der Waals surface area contributed by atoms with Crippen LogP contribution < -0.4 is 0 Å². The third-order valence-electron chi connectivity index (χ3n) is 4.74. The molecule has 7 nitrogen and oxygen atoms in total. The fourth-order valence-electron chi connectivity index (χ4n) is 2.86. The zero-order chi connectivity index (χ0) is 23.2. The van der Waals surface area contributed by atoms with Crippen molar-refractivity contribution < 1.29 is 28.0 Å². The van der Waals surface area contributed by atoms with E-state index in [1.165, 1.54) is 44.9 Å². The zero-order valence-electron chi connectivity index (χ0n) is 20.1. The van der Waals surface area contributed by atoms with Crippen molar-refractivity contribution >= 4 is 13.8 Å². The molecule has 8 heteroatoms. The standard InChI is InChI=1S/C23H46NO6P/c1-4-5-6-7-8-9-10-11-12-13-14-15-16-18-23(25)28-20-17-21-29-31(26,27)30-22-19-24(2)3/h9-10H,4-8,11-22H2,1-3H3,(H,26,27)/b10-9-. The Balaban J connectivity index is 3.43. The molecule has 0 amide bonds. The summed E-state index contributed by atoms with van der Waals surface area (Å²) in [5, 5.41) is 0. The first-order valence-electron chi connectivity index (χ1n) is 11.9. The van der Waals surface area contributed by atoms with Crippen LogP contribution in [0.25, 0.3) is 0 Å². The average Bonchev–Trinajstić information content (AvgIpc) is 2.70. The van der Waals surface area contributed by atoms with Crippen molar-refractivity contribution in [3.8, 4) is 0 Å². The summed E-state index contributed by atoms with van der Waals surface area (Å²) in [5.74, 6) is -0.222. The van der Waals surface area contributed by atoms with Gasteiger partial charge in [-0.2, -0.15) is 0 Å². The van der Waals surface area contributed by atoms with Crippen molar-refractivity contribution in [2.45, 2.75) is 90.4 Å². The van der Waals surface area contributed by atoms with Gasteiger partial charge < -0.3 is 14.5 Å². The number of nitrogens with zero attached hydrogens (tertiary/aromatic N) is 1. The van der Waals surface area contributed by atoms with E-state index in [0.717, 1.165) is 25.7 Å². The first kappa shape index (κ1) is 30.3. The number of esters is 1. The number of hydrogen-bond donors (Lipinski definition) is 1. The number of phosphoric ester groups is 1. The molecule has 0 rings (SSSR count). The maximum absolute atomic E-state index is 11.7. The monoisotopic (exact) mass is 463 g/mol. The lowest BCUT2D eigenvalue weighted by atomic mass is 10.1. The number of rotatable bonds is 22. The van der Waals surface area contributed by atoms with E-state index in [1.54, 1.807) is 0 Å². The molecular weight excluding hydrogens is 417 g/mol. The van der Waals surface area contributed by atoms with Gasteiger partial charge in [-0.1, -0.05) is 57.6 Å². The first-order chi connectivity index (χ1) is 14.9. The second kappa shape index (κ2) is 21.1. The van der Waals surface area contributed by atoms with E-state index in [2.05, 4.69) is 19.1 Å². The van der Waals surface area contributed by atoms with E-state index in [-0.39, 0.29) is 25.8 Å². The third-order valence-corrected chi connectivity index (χ3v) is 5.76. The molecule has 0 aliphatic carbocycles. The molecule has 0 heterocycles. The number of phosphoric acid groups is 1. The van der Waals surface area contributed by atoms with Crippen molar-refractivity contribution in [3.05, 3.63) is 12.2 Å². The van der Waals surface area contributed by atoms with Gasteiger partial charge in [0.2, 0.25) is 0 Å². The highest BCUT2D eigenvalue weighted by molar-refractivity contribution is 7.47. The van der Waals surface area contributed by atoms with Crippen LogP contribution in [0.2, 0.25) is 0 Å². The first-order valence-corrected chi connectivity index (χ1v) is 13.4. The Morgan fingerprint density at radius 2 is 1.42 bits per heavy atom. The van der Waals surface area contributed by atoms with Gasteiger partial charge in [0.1, 0.15) is 0 Å². The molecule has 31 heavy (non-hydrogen) atoms. The largest absolute Gasteiger partial charge is 0.472 e. The Morgan fingerprint density at radius 3 is 2.06 bits per heavy atom. The van der Waals surface area contributed by atoms with Crippen molar-refractivity contribution in [1.29, 1.82) is 0 Å². The topological polar surface area (TPSA) is 85.3 Å². The van der Waals surface area contributed by atoms with E-state index in [0.29, 0.717) is 19.4 Å². The molecule has 0 fully saturated rings. The number of unbranched alkanes of at least 4 members (excludes halogenated alkanes) is 9. The summed E-state index contributed by atoms with van der Waals surface area (Å²) in [6.07, 6.45) is 18.5. The molecule has 0 spiro atoms. The molecule has 0 aromatic rings. The molecule has 0 radical (unpaired) electrons. The van der Waals surface area contributed by atoms with Crippen molar-refractivity contribution in [2.24, 2.45) is 0 Å². The molecule has 0 aliphatic rings. The highest BCUT2D eigenvalue weighted by Gasteiger charge is 2.20. The maximum Gasteiger partial charge on any atom is 0.472 e. The van der Waals surface area contributed by atoms with Gasteiger partial charge in [-0.25, -0.2) is 4.57 Å². The lowest BCUT2D eigenvalue weighted by Crippen LogP contribution is -2.17. The second-order valence-electron chi connectivity index (χ2n) is 8.14. The Kier molecular flexibility index (Phi) is 20.7. The molecule has 0 bridgehead atoms. The summed E-state index contributed by atoms with van der Waals surface area (Å²) in [6.45, 7) is 3.07. The molecule has 1 atom stereocenters. The Bertz CT molecular complexity index is 498. The quantitative estimate of drug-likeness (QED) is 0.0930. The maximum atomic E-state index is 11.7. The summed E-state index contributed by atoms with van der Waals surface area (Å²) in [5.41, 5.74) is 0. The van der Waals surface area contributed by atoms with E-state index in [1.807, 2.05) is 19.0 Å². The average molecular weight is 464 g/mol. The van der Waals surface area contributed by atoms with Crippen LogP contribution in [-0.2, 0) is 23.1 Å². The number of allylic oxidation sites excluding steroid dienone is 2. The predicted octanol–water partition coefficient (Wildman–Crippen LogP) is 5.87. The summed E-state index contributed by atoms with van der Waals surface area (Å²) in [6, 6.07) is 0. The van der Waals surface area contributed by atoms with Gasteiger partial charge >= 0.3 is 13.8 Å². The van der Waals surface area contributed by atoms with Crippen LogP contribution in [0.4, 0.5) is 0 Å². The molecule has 184 valence electrons. The fourth-order valence-corrected chi connectivity index (χ4v) is 3.61. The number of likely N-dealkylation sites (N-methyl/N-ethyl adjacent to an activating group) is 1. The van der Waals surface area contributed by atoms with Gasteiger partial charge in [-0.05, 0) is 46.2 Å². The fraction of sp³-hybridized carbons (Fsp3) is 0.870. The number of carbonyl (C=O) groups excluding carboxylic acids is 1. The number of hydrogen-bond acceptors (Lipinski definition) is 6. The van der Waals surface area contributed by atoms with E-state index in [9.17, 15) is 14.3 Å². The van der Waals surface area contributed by atoms with Crippen LogP contribution in [0.5, 0.6) is 0 Å². The summed E-state index contributed by atoms with van der Waals surface area (Å²) in [4.78, 5) is 23.0. The Morgan fingerprint density at radius 1 is 0.839 bits per heavy atom. The van der Waals surface area contributed by atoms with Gasteiger partial charge in [-0.3, -0.25) is 13.8 Å². The van der Waals surface area contributed by atoms with Crippen LogP contribution >= 0.6 is 7.82 Å². The molecule has 0 saturated carbocycles. The van der Waals surface area contributed by atoms with Gasteiger partial charge in [0.05, 0.1) is 19.8 Å². The predicted molar refractivity (Wildman–Crippen MR) is 126 cm³/mol. The minimum Gasteiger partial charge on any atom is -0.466 e. The van der Waals surface area contributed by atoms with Gasteiger partial charge in [0.15, 0.2) is 0 Å². The van der Waals surface area contributed by atoms with E-state index in [4.69, 9.17) is 13.8 Å². The van der Waals surface area contributed by atoms with Crippen LogP contribution in [0.1, 0.15) is 90.4 Å². The Hall–Kier alpha value is -0.720. The molecule has 0 aromatic carbocycles. The van der Waals surface area contributed by atoms with Crippen molar-refractivity contribution in [2.75, 3.05) is 40.5 Å². The third kappa shape index (κ3) is 23.8. The van der Waals surface area contributed by atoms with Crippen molar-refractivity contribution in [1.82, 2.24) is 4.90 Å². The Labute approximate surface area is 190 Å². The lowest BCUT2D eigenvalue weighted by Gasteiger charge is -2.14. The smallest absolute Gasteiger partial charge is 0.466 e. The van der Waals surface area contributed by atoms with Crippen LogP contribution in [-0.4, -0.2) is 56.2 Å². The number of carbonyl (C=O) groups is 1. The van der Waals surface area contributed by atoms with Crippen LogP contribution in [0.3, 0.4) is 0 Å². The van der Waals surface area contributed by atoms with E-state index >= 15 is 0 Å². The van der Waals surface area contributed by atoms with Crippen LogP contribution in [0, 0.1) is 0 Å². The van der Waals surface area contributed by atoms with Crippen LogP contribution in [0.15, 0.2) is 12.2 Å². The van der Waals surface area contributed by atoms with Gasteiger partial charge in [0, 0.05) is 19.4 Å². The molecule has 1 unspecified atom stereocenters. The lowest BCUT2D eigenvalue weighted by molar-refractivity contribution is -0.144. The summed E-state index contributed by atoms with van der Waals surface area (Å²) >= 11 is 0. The second-order valence-corrected chi connectivity index (χ2v) is 9.59. The molecule has 0 aliphatic heterocycles. The van der Waals surface area contributed by atoms with Gasteiger partial charge in [-0.15, -0.1) is 0 Å². The summed E-state index contributed by atoms with van der Waals surface area (Å²) < 4.78 is 26.4. The van der Waals surface area contributed by atoms with Gasteiger partial charge in [0.25, 0.3) is 0 Å². The normalized spacial score (nSPS) is 13.7. The zero-order valence-corrected chi connectivity index (χ0v) is 21.0. The van der Waals surface area contributed by atoms with E-state index < -0.39 is 7.82 Å². The number of ether oxygens (including phenoxy) is 1. The molecular formula is C23H46NO6P. The molecule has 1 N–H and O–H groups in total. The SMILES string of the molecule is CCCCCC/C=C\CCCCCCCC(=O)OCCCOP(=O)(O)OCCN(C)C. The summed E-state index contributed by atoms with van der Waals surface area (Å²) in [7, 11) is -0.340. The molecule has 0 saturated heterocycles. The highest BCUT2D eigenvalue weighted by atomic mass is 31.2. The highest BCUT2D eigenvalue weighted by Crippen LogP contribution is 2.42. The molecule has 0 aromatic heterocycles. The minimum absolute atomic E-state index is 0.0101.